The number of anilines is 3. The maximum absolute atomic E-state index is 11.7. The lowest BCUT2D eigenvalue weighted by Gasteiger charge is -2.20. The first-order chi connectivity index (χ1) is 13.5. The van der Waals surface area contributed by atoms with Gasteiger partial charge in [-0.05, 0) is 23.6 Å². The van der Waals surface area contributed by atoms with Crippen molar-refractivity contribution in [2.24, 2.45) is 17.4 Å². The summed E-state index contributed by atoms with van der Waals surface area (Å²) >= 11 is 0. The molecule has 10 nitrogen and oxygen atoms in total. The van der Waals surface area contributed by atoms with E-state index in [4.69, 9.17) is 11.5 Å². The maximum Gasteiger partial charge on any atom is 0.271 e. The lowest BCUT2D eigenvalue weighted by molar-refractivity contribution is -0.119. The Morgan fingerprint density at radius 3 is 2.24 bits per heavy atom. The molecule has 1 aromatic carbocycles. The Bertz CT molecular complexity index is 1010. The molecule has 2 rings (SSSR count). The average Bonchev–Trinajstić information content (AvgIpc) is 2.59. The van der Waals surface area contributed by atoms with Crippen molar-refractivity contribution in [2.75, 3.05) is 16.9 Å². The van der Waals surface area contributed by atoms with Crippen LogP contribution in [0.2, 0.25) is 0 Å². The lowest BCUT2D eigenvalue weighted by Crippen LogP contribution is -2.39. The summed E-state index contributed by atoms with van der Waals surface area (Å²) in [6.45, 7) is 3.65. The van der Waals surface area contributed by atoms with E-state index in [2.05, 4.69) is 20.6 Å². The number of sulfone groups is 1. The molecule has 0 aliphatic heterocycles. The molecule has 0 spiro atoms. The zero-order chi connectivity index (χ0) is 21.8. The monoisotopic (exact) mass is 420 g/mol. The molecule has 29 heavy (non-hydrogen) atoms. The van der Waals surface area contributed by atoms with Crippen LogP contribution in [0.4, 0.5) is 17.3 Å². The van der Waals surface area contributed by atoms with E-state index in [9.17, 15) is 18.0 Å². The Morgan fingerprint density at radius 2 is 1.76 bits per heavy atom. The first-order valence-electron chi connectivity index (χ1n) is 8.72. The minimum absolute atomic E-state index is 0.0806. The number of primary amides is 2. The SMILES string of the molecule is CC(C)[C@@H](Nc1cnc(C(N)=O)c(Nc2ccc(CS(C)(=O)=O)cc2)n1)C(N)=O. The number of carbonyl (C=O) groups is 2. The Hall–Kier alpha value is -3.21. The van der Waals surface area contributed by atoms with E-state index in [0.717, 1.165) is 6.26 Å². The van der Waals surface area contributed by atoms with Crippen molar-refractivity contribution in [1.82, 2.24) is 9.97 Å². The molecule has 0 aliphatic rings. The van der Waals surface area contributed by atoms with Crippen molar-refractivity contribution < 1.29 is 18.0 Å². The van der Waals surface area contributed by atoms with Gasteiger partial charge in [0.1, 0.15) is 11.9 Å². The normalized spacial score (nSPS) is 12.4. The minimum Gasteiger partial charge on any atom is -0.368 e. The highest BCUT2D eigenvalue weighted by Crippen LogP contribution is 2.21. The molecule has 1 atom stereocenters. The standard InChI is InChI=1S/C18H24N6O4S/c1-10(2)14(16(19)25)23-13-8-21-15(17(20)26)18(24-13)22-12-6-4-11(5-7-12)9-29(3,27)28/h4-8,10,14H,9H2,1-3H3,(H2,19,25)(H2,20,26)(H2,22,23,24)/t14-/m1/s1. The fraction of sp³-hybridized carbons (Fsp3) is 0.333. The molecule has 1 aromatic heterocycles. The van der Waals surface area contributed by atoms with Crippen molar-refractivity contribution in [1.29, 1.82) is 0 Å². The number of nitrogens with one attached hydrogen (secondary N) is 2. The zero-order valence-corrected chi connectivity index (χ0v) is 17.2. The van der Waals surface area contributed by atoms with Crippen molar-refractivity contribution >= 4 is 39.0 Å². The van der Waals surface area contributed by atoms with Crippen LogP contribution in [0.1, 0.15) is 29.9 Å². The largest absolute Gasteiger partial charge is 0.368 e. The molecule has 0 radical (unpaired) electrons. The molecular weight excluding hydrogens is 396 g/mol. The van der Waals surface area contributed by atoms with Crippen molar-refractivity contribution in [2.45, 2.75) is 25.6 Å². The number of amides is 2. The Balaban J connectivity index is 2.30. The van der Waals surface area contributed by atoms with Gasteiger partial charge in [0.2, 0.25) is 5.91 Å². The second-order valence-electron chi connectivity index (χ2n) is 6.98. The topological polar surface area (TPSA) is 170 Å². The van der Waals surface area contributed by atoms with Gasteiger partial charge in [0.15, 0.2) is 21.3 Å². The number of nitrogens with zero attached hydrogens (tertiary/aromatic N) is 2. The molecule has 0 saturated carbocycles. The Kier molecular flexibility index (Phi) is 6.75. The Morgan fingerprint density at radius 1 is 1.14 bits per heavy atom. The predicted octanol–water partition coefficient (Wildman–Crippen LogP) is 0.786. The summed E-state index contributed by atoms with van der Waals surface area (Å²) < 4.78 is 22.8. The van der Waals surface area contributed by atoms with E-state index in [-0.39, 0.29) is 29.0 Å². The molecule has 0 aliphatic carbocycles. The molecule has 0 unspecified atom stereocenters. The highest BCUT2D eigenvalue weighted by Gasteiger charge is 2.21. The van der Waals surface area contributed by atoms with Crippen LogP contribution in [-0.4, -0.2) is 42.5 Å². The number of hydrogen-bond acceptors (Lipinski definition) is 8. The van der Waals surface area contributed by atoms with Gasteiger partial charge in [-0.25, -0.2) is 18.4 Å². The number of aromatic nitrogens is 2. The third-order valence-electron chi connectivity index (χ3n) is 3.93. The van der Waals surface area contributed by atoms with Gasteiger partial charge in [-0.1, -0.05) is 26.0 Å². The minimum atomic E-state index is -3.15. The van der Waals surface area contributed by atoms with Crippen LogP contribution in [0.15, 0.2) is 30.5 Å². The van der Waals surface area contributed by atoms with Gasteiger partial charge in [0.05, 0.1) is 11.9 Å². The van der Waals surface area contributed by atoms with Crippen LogP contribution in [0.25, 0.3) is 0 Å². The van der Waals surface area contributed by atoms with Gasteiger partial charge in [-0.3, -0.25) is 9.59 Å². The number of hydrogen-bond donors (Lipinski definition) is 4. The van der Waals surface area contributed by atoms with Crippen LogP contribution < -0.4 is 22.1 Å². The predicted molar refractivity (Wildman–Crippen MR) is 110 cm³/mol. The molecule has 11 heteroatoms. The first-order valence-corrected chi connectivity index (χ1v) is 10.8. The molecule has 0 bridgehead atoms. The fourth-order valence-electron chi connectivity index (χ4n) is 2.58. The zero-order valence-electron chi connectivity index (χ0n) is 16.3. The highest BCUT2D eigenvalue weighted by molar-refractivity contribution is 7.89. The van der Waals surface area contributed by atoms with Gasteiger partial charge in [-0.15, -0.1) is 0 Å². The summed E-state index contributed by atoms with van der Waals surface area (Å²) in [4.78, 5) is 31.6. The van der Waals surface area contributed by atoms with Gasteiger partial charge in [-0.2, -0.15) is 0 Å². The quantitative estimate of drug-likeness (QED) is 0.461. The van der Waals surface area contributed by atoms with Gasteiger partial charge < -0.3 is 22.1 Å². The summed E-state index contributed by atoms with van der Waals surface area (Å²) in [6, 6.07) is 5.91. The number of carbonyl (C=O) groups excluding carboxylic acids is 2. The van der Waals surface area contributed by atoms with E-state index in [1.165, 1.54) is 6.20 Å². The van der Waals surface area contributed by atoms with E-state index >= 15 is 0 Å². The molecule has 0 fully saturated rings. The third kappa shape index (κ3) is 6.42. The number of benzene rings is 1. The molecule has 2 aromatic rings. The van der Waals surface area contributed by atoms with E-state index in [1.54, 1.807) is 24.3 Å². The van der Waals surface area contributed by atoms with Crippen LogP contribution in [-0.2, 0) is 20.4 Å². The molecule has 1 heterocycles. The van der Waals surface area contributed by atoms with Gasteiger partial charge >= 0.3 is 0 Å². The van der Waals surface area contributed by atoms with E-state index in [1.807, 2.05) is 13.8 Å². The summed E-state index contributed by atoms with van der Waals surface area (Å²) in [7, 11) is -3.15. The maximum atomic E-state index is 11.7. The van der Waals surface area contributed by atoms with Crippen LogP contribution in [0.3, 0.4) is 0 Å². The first kappa shape index (κ1) is 22.1. The fourth-order valence-corrected chi connectivity index (χ4v) is 3.37. The molecule has 0 saturated heterocycles. The van der Waals surface area contributed by atoms with E-state index < -0.39 is 27.7 Å². The Labute approximate surface area is 169 Å². The average molecular weight is 420 g/mol. The van der Waals surface area contributed by atoms with Gasteiger partial charge in [0, 0.05) is 11.9 Å². The summed E-state index contributed by atoms with van der Waals surface area (Å²) in [5, 5.41) is 5.83. The van der Waals surface area contributed by atoms with Crippen molar-refractivity contribution in [3.8, 4) is 0 Å². The second kappa shape index (κ2) is 8.86. The molecule has 156 valence electrons. The summed E-state index contributed by atoms with van der Waals surface area (Å²) in [5.41, 5.74) is 11.8. The third-order valence-corrected chi connectivity index (χ3v) is 4.79. The molecule has 2 amide bonds. The molecular formula is C18H24N6O4S. The van der Waals surface area contributed by atoms with Crippen molar-refractivity contribution in [3.63, 3.8) is 0 Å². The van der Waals surface area contributed by atoms with Gasteiger partial charge in [0.25, 0.3) is 5.91 Å². The highest BCUT2D eigenvalue weighted by atomic mass is 32.2. The van der Waals surface area contributed by atoms with Crippen LogP contribution in [0.5, 0.6) is 0 Å². The number of rotatable bonds is 9. The second-order valence-corrected chi connectivity index (χ2v) is 9.12. The number of nitrogens with two attached hydrogens (primary N) is 2. The van der Waals surface area contributed by atoms with Crippen molar-refractivity contribution in [3.05, 3.63) is 41.7 Å². The summed E-state index contributed by atoms with van der Waals surface area (Å²) in [5.74, 6) is -1.17. The van der Waals surface area contributed by atoms with Crippen LogP contribution >= 0.6 is 0 Å². The van der Waals surface area contributed by atoms with E-state index in [0.29, 0.717) is 11.3 Å². The summed E-state index contributed by atoms with van der Waals surface area (Å²) in [6.07, 6.45) is 2.45. The molecule has 6 N–H and O–H groups in total. The lowest BCUT2D eigenvalue weighted by atomic mass is 10.0. The van der Waals surface area contributed by atoms with Crippen LogP contribution in [0, 0.1) is 5.92 Å². The smallest absolute Gasteiger partial charge is 0.271 e.